The number of methoxy groups -OCH3 is 1. The Hall–Kier alpha value is -1.06. The van der Waals surface area contributed by atoms with Crippen molar-refractivity contribution >= 4 is 22.6 Å². The van der Waals surface area contributed by atoms with Crippen LogP contribution in [0.4, 0.5) is 0 Å². The minimum atomic E-state index is 0.617. The molecule has 0 atom stereocenters. The molecule has 4 heteroatoms. The van der Waals surface area contributed by atoms with Gasteiger partial charge in [0.25, 0.3) is 0 Å². The second-order valence-electron chi connectivity index (χ2n) is 5.11. The normalized spacial score (nSPS) is 11.3. The van der Waals surface area contributed by atoms with Crippen LogP contribution in [-0.2, 0) is 17.7 Å². The first-order chi connectivity index (χ1) is 9.77. The third-order valence-electron chi connectivity index (χ3n) is 3.61. The van der Waals surface area contributed by atoms with Crippen LogP contribution in [0.2, 0.25) is 0 Å². The average Bonchev–Trinajstić information content (AvgIpc) is 2.79. The number of nitrogens with zero attached hydrogens (tertiary/aromatic N) is 2. The number of alkyl halides is 1. The first-order valence-electron chi connectivity index (χ1n) is 7.27. The first-order valence-corrected chi connectivity index (χ1v) is 7.81. The Morgan fingerprint density at radius 2 is 2.10 bits per heavy atom. The van der Waals surface area contributed by atoms with Crippen molar-refractivity contribution in [3.8, 4) is 0 Å². The number of imidazole rings is 1. The SMILES string of the molecule is COCCCCCn1c(CCCl)nc2c(C)cccc21. The monoisotopic (exact) mass is 294 g/mol. The zero-order chi connectivity index (χ0) is 14.4. The molecule has 0 unspecified atom stereocenters. The molecule has 2 rings (SSSR count). The van der Waals surface area contributed by atoms with E-state index in [-0.39, 0.29) is 0 Å². The van der Waals surface area contributed by atoms with Crippen LogP contribution in [0.15, 0.2) is 18.2 Å². The summed E-state index contributed by atoms with van der Waals surface area (Å²) >= 11 is 5.91. The Labute approximate surface area is 125 Å². The van der Waals surface area contributed by atoms with Crippen molar-refractivity contribution in [3.63, 3.8) is 0 Å². The van der Waals surface area contributed by atoms with Crippen molar-refractivity contribution in [2.45, 2.75) is 39.2 Å². The summed E-state index contributed by atoms with van der Waals surface area (Å²) in [6.45, 7) is 3.97. The highest BCUT2D eigenvalue weighted by Gasteiger charge is 2.11. The number of aryl methyl sites for hydroxylation is 3. The van der Waals surface area contributed by atoms with Gasteiger partial charge in [0, 0.05) is 32.6 Å². The number of unbranched alkanes of at least 4 members (excludes halogenated alkanes) is 2. The molecule has 0 saturated heterocycles. The lowest BCUT2D eigenvalue weighted by atomic mass is 10.2. The summed E-state index contributed by atoms with van der Waals surface area (Å²) in [4.78, 5) is 4.77. The number of halogens is 1. The molecule has 0 spiro atoms. The first kappa shape index (κ1) is 15.3. The van der Waals surface area contributed by atoms with Gasteiger partial charge in [-0.3, -0.25) is 0 Å². The third kappa shape index (κ3) is 3.53. The topological polar surface area (TPSA) is 27.1 Å². The second kappa shape index (κ2) is 7.65. The fraction of sp³-hybridized carbons (Fsp3) is 0.562. The lowest BCUT2D eigenvalue weighted by Crippen LogP contribution is -2.05. The Morgan fingerprint density at radius 3 is 2.85 bits per heavy atom. The maximum absolute atomic E-state index is 5.91. The molecule has 110 valence electrons. The largest absolute Gasteiger partial charge is 0.385 e. The molecule has 1 aromatic heterocycles. The highest BCUT2D eigenvalue weighted by Crippen LogP contribution is 2.21. The summed E-state index contributed by atoms with van der Waals surface area (Å²) in [5.41, 5.74) is 3.58. The lowest BCUT2D eigenvalue weighted by molar-refractivity contribution is 0.191. The predicted octanol–water partition coefficient (Wildman–Crippen LogP) is 3.94. The summed E-state index contributed by atoms with van der Waals surface area (Å²) in [6, 6.07) is 6.37. The summed E-state index contributed by atoms with van der Waals surface area (Å²) in [6.07, 6.45) is 4.28. The fourth-order valence-electron chi connectivity index (χ4n) is 2.55. The molecule has 0 saturated carbocycles. The number of fused-ring (bicyclic) bond motifs is 1. The van der Waals surface area contributed by atoms with Crippen LogP contribution in [0.3, 0.4) is 0 Å². The smallest absolute Gasteiger partial charge is 0.111 e. The van der Waals surface area contributed by atoms with Crippen LogP contribution in [0.25, 0.3) is 11.0 Å². The van der Waals surface area contributed by atoms with Gasteiger partial charge >= 0.3 is 0 Å². The minimum absolute atomic E-state index is 0.617. The van der Waals surface area contributed by atoms with Crippen molar-refractivity contribution in [3.05, 3.63) is 29.6 Å². The molecular weight excluding hydrogens is 272 g/mol. The highest BCUT2D eigenvalue weighted by atomic mass is 35.5. The van der Waals surface area contributed by atoms with Gasteiger partial charge in [0.2, 0.25) is 0 Å². The van der Waals surface area contributed by atoms with Gasteiger partial charge in [-0.15, -0.1) is 11.6 Å². The van der Waals surface area contributed by atoms with E-state index in [0.717, 1.165) is 43.8 Å². The van der Waals surface area contributed by atoms with Crippen molar-refractivity contribution in [1.82, 2.24) is 9.55 Å². The molecule has 20 heavy (non-hydrogen) atoms. The number of ether oxygens (including phenoxy) is 1. The van der Waals surface area contributed by atoms with E-state index in [1.54, 1.807) is 7.11 Å². The van der Waals surface area contributed by atoms with E-state index in [9.17, 15) is 0 Å². The molecule has 0 bridgehead atoms. The molecule has 0 aliphatic heterocycles. The van der Waals surface area contributed by atoms with E-state index in [0.29, 0.717) is 5.88 Å². The van der Waals surface area contributed by atoms with Crippen LogP contribution < -0.4 is 0 Å². The molecule has 0 radical (unpaired) electrons. The van der Waals surface area contributed by atoms with E-state index in [1.807, 2.05) is 0 Å². The Balaban J connectivity index is 2.16. The molecule has 0 fully saturated rings. The van der Waals surface area contributed by atoms with E-state index in [2.05, 4.69) is 29.7 Å². The molecule has 0 aliphatic carbocycles. The summed E-state index contributed by atoms with van der Waals surface area (Å²) in [5.74, 6) is 1.72. The van der Waals surface area contributed by atoms with Crippen LogP contribution >= 0.6 is 11.6 Å². The molecule has 1 heterocycles. The van der Waals surface area contributed by atoms with E-state index in [1.165, 1.54) is 17.5 Å². The van der Waals surface area contributed by atoms with Gasteiger partial charge in [0.1, 0.15) is 5.82 Å². The molecule has 0 N–H and O–H groups in total. The van der Waals surface area contributed by atoms with Crippen LogP contribution in [0.1, 0.15) is 30.7 Å². The quantitative estimate of drug-likeness (QED) is 0.544. The van der Waals surface area contributed by atoms with Crippen LogP contribution in [0.5, 0.6) is 0 Å². The van der Waals surface area contributed by atoms with Crippen molar-refractivity contribution in [2.75, 3.05) is 19.6 Å². The van der Waals surface area contributed by atoms with Crippen molar-refractivity contribution in [1.29, 1.82) is 0 Å². The predicted molar refractivity (Wildman–Crippen MR) is 84.6 cm³/mol. The third-order valence-corrected chi connectivity index (χ3v) is 3.80. The summed E-state index contributed by atoms with van der Waals surface area (Å²) in [7, 11) is 1.75. The van der Waals surface area contributed by atoms with Gasteiger partial charge < -0.3 is 9.30 Å². The van der Waals surface area contributed by atoms with Crippen LogP contribution in [-0.4, -0.2) is 29.1 Å². The molecule has 0 aliphatic rings. The van der Waals surface area contributed by atoms with Gasteiger partial charge in [0.05, 0.1) is 11.0 Å². The van der Waals surface area contributed by atoms with E-state index < -0.39 is 0 Å². The molecule has 3 nitrogen and oxygen atoms in total. The highest BCUT2D eigenvalue weighted by molar-refractivity contribution is 6.17. The fourth-order valence-corrected chi connectivity index (χ4v) is 2.72. The Kier molecular flexibility index (Phi) is 5.86. The van der Waals surface area contributed by atoms with Gasteiger partial charge in [0.15, 0.2) is 0 Å². The Bertz CT molecular complexity index is 551. The summed E-state index contributed by atoms with van der Waals surface area (Å²) < 4.78 is 7.42. The molecule has 2 aromatic rings. The van der Waals surface area contributed by atoms with Crippen molar-refractivity contribution < 1.29 is 4.74 Å². The van der Waals surface area contributed by atoms with Crippen molar-refractivity contribution in [2.24, 2.45) is 0 Å². The minimum Gasteiger partial charge on any atom is -0.385 e. The zero-order valence-corrected chi connectivity index (χ0v) is 13.1. The number of hydrogen-bond acceptors (Lipinski definition) is 2. The zero-order valence-electron chi connectivity index (χ0n) is 12.4. The number of hydrogen-bond donors (Lipinski definition) is 0. The maximum atomic E-state index is 5.91. The second-order valence-corrected chi connectivity index (χ2v) is 5.49. The maximum Gasteiger partial charge on any atom is 0.111 e. The van der Waals surface area contributed by atoms with Gasteiger partial charge in [-0.2, -0.15) is 0 Å². The Morgan fingerprint density at radius 1 is 1.25 bits per heavy atom. The standard InChI is InChI=1S/C16H23ClN2O/c1-13-7-6-8-14-16(13)18-15(9-10-17)19(14)11-4-3-5-12-20-2/h6-8H,3-5,9-12H2,1-2H3. The average molecular weight is 295 g/mol. The van der Waals surface area contributed by atoms with Gasteiger partial charge in [-0.05, 0) is 37.8 Å². The van der Waals surface area contributed by atoms with Gasteiger partial charge in [-0.25, -0.2) is 4.98 Å². The number of aromatic nitrogens is 2. The lowest BCUT2D eigenvalue weighted by Gasteiger charge is -2.08. The van der Waals surface area contributed by atoms with Gasteiger partial charge in [-0.1, -0.05) is 12.1 Å². The number of para-hydroxylation sites is 1. The molecule has 1 aromatic carbocycles. The molecular formula is C16H23ClN2O. The van der Waals surface area contributed by atoms with Crippen LogP contribution in [0, 0.1) is 6.92 Å². The summed E-state index contributed by atoms with van der Waals surface area (Å²) in [5, 5.41) is 0. The van der Waals surface area contributed by atoms with E-state index >= 15 is 0 Å². The number of benzene rings is 1. The number of rotatable bonds is 8. The molecule has 0 amide bonds. The van der Waals surface area contributed by atoms with E-state index in [4.69, 9.17) is 21.3 Å².